The van der Waals surface area contributed by atoms with Crippen LogP contribution in [0.3, 0.4) is 0 Å². The molecule has 0 aromatic heterocycles. The van der Waals surface area contributed by atoms with E-state index < -0.39 is 6.10 Å². The van der Waals surface area contributed by atoms with E-state index in [4.69, 9.17) is 14.2 Å². The van der Waals surface area contributed by atoms with Crippen LogP contribution in [0, 0.1) is 0 Å². The van der Waals surface area contributed by atoms with E-state index in [1.54, 1.807) is 0 Å². The van der Waals surface area contributed by atoms with Crippen molar-refractivity contribution in [3.05, 3.63) is 122 Å². The van der Waals surface area contributed by atoms with Crippen LogP contribution in [0.1, 0.15) is 213 Å². The molecule has 0 aliphatic carbocycles. The number of hydrogen-bond donors (Lipinski definition) is 0. The Kier molecular flexibility index (Phi) is 49.1. The minimum atomic E-state index is -0.832. The topological polar surface area (TPSA) is 78.9 Å². The van der Waals surface area contributed by atoms with Gasteiger partial charge in [0.2, 0.25) is 0 Å². The Morgan fingerprint density at radius 1 is 0.338 bits per heavy atom. The third-order valence-corrected chi connectivity index (χ3v) is 10.4. The molecule has 0 aromatic carbocycles. The molecule has 0 radical (unpaired) electrons. The Bertz CT molecular complexity index is 1400. The molecular weight excluding hydrogens is 805 g/mol. The first-order chi connectivity index (χ1) is 32.0. The first-order valence-corrected chi connectivity index (χ1v) is 26.1. The predicted octanol–water partition coefficient (Wildman–Crippen LogP) is 17.3. The van der Waals surface area contributed by atoms with Crippen molar-refractivity contribution >= 4 is 17.9 Å². The Hall–Kier alpha value is -4.19. The van der Waals surface area contributed by atoms with E-state index >= 15 is 0 Å². The van der Waals surface area contributed by atoms with Gasteiger partial charge in [-0.05, 0) is 116 Å². The van der Waals surface area contributed by atoms with Gasteiger partial charge in [-0.3, -0.25) is 14.4 Å². The minimum Gasteiger partial charge on any atom is -0.462 e. The Morgan fingerprint density at radius 3 is 1.12 bits per heavy atom. The van der Waals surface area contributed by atoms with Crippen molar-refractivity contribution in [2.45, 2.75) is 219 Å². The maximum absolute atomic E-state index is 12.8. The van der Waals surface area contributed by atoms with E-state index in [0.717, 1.165) is 109 Å². The van der Waals surface area contributed by atoms with Crippen molar-refractivity contribution in [2.75, 3.05) is 13.2 Å². The Labute approximate surface area is 399 Å². The van der Waals surface area contributed by atoms with Gasteiger partial charge >= 0.3 is 17.9 Å². The average Bonchev–Trinajstić information content (AvgIpc) is 3.30. The number of ether oxygens (including phenoxy) is 3. The van der Waals surface area contributed by atoms with Crippen LogP contribution in [0.4, 0.5) is 0 Å². The van der Waals surface area contributed by atoms with E-state index in [9.17, 15) is 14.4 Å². The quantitative estimate of drug-likeness (QED) is 0.0199. The molecule has 0 aliphatic rings. The van der Waals surface area contributed by atoms with Crippen molar-refractivity contribution in [2.24, 2.45) is 0 Å². The van der Waals surface area contributed by atoms with E-state index in [0.29, 0.717) is 19.3 Å². The highest BCUT2D eigenvalue weighted by Gasteiger charge is 2.19. The molecule has 0 fully saturated rings. The number of esters is 3. The van der Waals surface area contributed by atoms with Gasteiger partial charge in [0.1, 0.15) is 13.2 Å². The highest BCUT2D eigenvalue weighted by atomic mass is 16.6. The first-order valence-electron chi connectivity index (χ1n) is 26.1. The summed E-state index contributed by atoms with van der Waals surface area (Å²) in [5.41, 5.74) is 0. The molecule has 1 unspecified atom stereocenters. The summed E-state index contributed by atoms with van der Waals surface area (Å²) >= 11 is 0. The highest BCUT2D eigenvalue weighted by molar-refractivity contribution is 5.71. The van der Waals surface area contributed by atoms with Crippen LogP contribution in [-0.4, -0.2) is 37.2 Å². The van der Waals surface area contributed by atoms with Gasteiger partial charge in [-0.1, -0.05) is 200 Å². The first kappa shape index (κ1) is 60.8. The summed E-state index contributed by atoms with van der Waals surface area (Å²) in [6.45, 7) is 6.35. The van der Waals surface area contributed by atoms with Crippen LogP contribution in [0.5, 0.6) is 0 Å². The fraction of sp³-hybridized carbons (Fsp3) is 0.610. The molecule has 0 aliphatic heterocycles. The number of allylic oxidation sites excluding steroid dienone is 20. The molecule has 0 rings (SSSR count). The molecule has 0 heterocycles. The summed E-state index contributed by atoms with van der Waals surface area (Å²) in [5, 5.41) is 0. The molecule has 65 heavy (non-hydrogen) atoms. The van der Waals surface area contributed by atoms with Gasteiger partial charge in [0.25, 0.3) is 0 Å². The largest absolute Gasteiger partial charge is 0.462 e. The average molecular weight is 899 g/mol. The summed E-state index contributed by atoms with van der Waals surface area (Å²) in [7, 11) is 0. The number of rotatable bonds is 45. The molecule has 6 nitrogen and oxygen atoms in total. The second-order valence-electron chi connectivity index (χ2n) is 16.7. The van der Waals surface area contributed by atoms with Crippen LogP contribution in [0.15, 0.2) is 122 Å². The van der Waals surface area contributed by atoms with Crippen LogP contribution in [-0.2, 0) is 28.6 Å². The van der Waals surface area contributed by atoms with E-state index in [-0.39, 0.29) is 37.5 Å². The molecule has 0 aromatic rings. The summed E-state index contributed by atoms with van der Waals surface area (Å²) in [5.74, 6) is -1.05. The SMILES string of the molecule is CC/C=C\C/C=C\C/C=C\C/C=C\C/C=C\CCCCCC(=O)OCC(COC(=O)CCCCC/C=C\C=C/CCCC)OC(=O)CCC/C=C\C/C=C\C/C=C\CCCCCCCC. The lowest BCUT2D eigenvalue weighted by Crippen LogP contribution is -2.30. The van der Waals surface area contributed by atoms with Gasteiger partial charge in [-0.2, -0.15) is 0 Å². The molecule has 0 saturated heterocycles. The molecule has 0 bridgehead atoms. The van der Waals surface area contributed by atoms with Crippen LogP contribution in [0.25, 0.3) is 0 Å². The Morgan fingerprint density at radius 2 is 0.677 bits per heavy atom. The van der Waals surface area contributed by atoms with E-state index in [1.807, 2.05) is 0 Å². The monoisotopic (exact) mass is 899 g/mol. The fourth-order valence-corrected chi connectivity index (χ4v) is 6.52. The molecular formula is C59H94O6. The summed E-state index contributed by atoms with van der Waals surface area (Å²) in [4.78, 5) is 37.9. The van der Waals surface area contributed by atoms with E-state index in [2.05, 4.69) is 142 Å². The molecule has 0 spiro atoms. The zero-order valence-electron chi connectivity index (χ0n) is 41.7. The molecule has 0 saturated carbocycles. The molecule has 1 atom stereocenters. The molecule has 366 valence electrons. The Balaban J connectivity index is 4.55. The summed E-state index contributed by atoms with van der Waals surface area (Å²) in [6, 6.07) is 0. The lowest BCUT2D eigenvalue weighted by Gasteiger charge is -2.18. The molecule has 0 amide bonds. The second kappa shape index (κ2) is 52.4. The lowest BCUT2D eigenvalue weighted by atomic mass is 10.1. The normalized spacial score (nSPS) is 13.1. The second-order valence-corrected chi connectivity index (χ2v) is 16.7. The summed E-state index contributed by atoms with van der Waals surface area (Å²) in [6.07, 6.45) is 71.9. The molecule has 0 N–H and O–H groups in total. The fourth-order valence-electron chi connectivity index (χ4n) is 6.52. The number of carbonyl (C=O) groups excluding carboxylic acids is 3. The number of unbranched alkanes of at least 4 members (excludes halogenated alkanes) is 15. The van der Waals surface area contributed by atoms with Crippen molar-refractivity contribution in [1.82, 2.24) is 0 Å². The van der Waals surface area contributed by atoms with Gasteiger partial charge in [-0.15, -0.1) is 0 Å². The maximum atomic E-state index is 12.8. The highest BCUT2D eigenvalue weighted by Crippen LogP contribution is 2.11. The van der Waals surface area contributed by atoms with Gasteiger partial charge in [0.05, 0.1) is 0 Å². The zero-order chi connectivity index (χ0) is 47.2. The smallest absolute Gasteiger partial charge is 0.306 e. The zero-order valence-corrected chi connectivity index (χ0v) is 41.7. The minimum absolute atomic E-state index is 0.126. The van der Waals surface area contributed by atoms with Crippen LogP contribution < -0.4 is 0 Å². The number of hydrogen-bond acceptors (Lipinski definition) is 6. The van der Waals surface area contributed by atoms with Crippen molar-refractivity contribution in [3.63, 3.8) is 0 Å². The molecule has 6 heteroatoms. The number of carbonyl (C=O) groups is 3. The van der Waals surface area contributed by atoms with Crippen molar-refractivity contribution in [1.29, 1.82) is 0 Å². The van der Waals surface area contributed by atoms with Gasteiger partial charge < -0.3 is 14.2 Å². The van der Waals surface area contributed by atoms with E-state index in [1.165, 1.54) is 57.8 Å². The van der Waals surface area contributed by atoms with Crippen LogP contribution in [0.2, 0.25) is 0 Å². The standard InChI is InChI=1S/C59H94O6/c1-4-7-10-13-16-19-22-24-26-28-29-31-32-34-37-40-43-46-49-52-58(61)64-55-56(54-63-57(60)51-48-45-42-39-36-21-18-15-12-9-6-3)65-59(62)53-50-47-44-41-38-35-33-30-27-25-23-20-17-14-11-8-5-2/h7,10,15-16,18-19,21,24-27,29,31,33-37,41,44,56H,4-6,8-9,11-14,17,20,22-23,28,30,32,38-40,42-43,45-55H2,1-3H3/b10-7-,18-15-,19-16-,26-24-,27-25-,31-29-,35-33-,36-21-,37-34-,44-41-. The van der Waals surface area contributed by atoms with Crippen LogP contribution >= 0.6 is 0 Å². The predicted molar refractivity (Wildman–Crippen MR) is 279 cm³/mol. The lowest BCUT2D eigenvalue weighted by molar-refractivity contribution is -0.167. The maximum Gasteiger partial charge on any atom is 0.306 e. The third-order valence-electron chi connectivity index (χ3n) is 10.4. The summed E-state index contributed by atoms with van der Waals surface area (Å²) < 4.78 is 16.7. The van der Waals surface area contributed by atoms with Crippen molar-refractivity contribution < 1.29 is 28.6 Å². The third kappa shape index (κ3) is 50.7. The van der Waals surface area contributed by atoms with Gasteiger partial charge in [0.15, 0.2) is 6.10 Å². The van der Waals surface area contributed by atoms with Gasteiger partial charge in [0, 0.05) is 19.3 Å². The van der Waals surface area contributed by atoms with Gasteiger partial charge in [-0.25, -0.2) is 0 Å². The van der Waals surface area contributed by atoms with Crippen molar-refractivity contribution in [3.8, 4) is 0 Å².